The molecule has 2 rings (SSSR count). The lowest BCUT2D eigenvalue weighted by Gasteiger charge is -2.21. The molecule has 0 aliphatic rings. The third-order valence-corrected chi connectivity index (χ3v) is 3.60. The van der Waals surface area contributed by atoms with Gasteiger partial charge in [0, 0.05) is 17.1 Å². The average molecular weight is 292 g/mol. The van der Waals surface area contributed by atoms with Crippen LogP contribution in [0.2, 0.25) is 5.02 Å². The Hall–Kier alpha value is -1.38. The first kappa shape index (κ1) is 15.0. The second-order valence-electron chi connectivity index (χ2n) is 5.14. The first-order valence-corrected chi connectivity index (χ1v) is 7.19. The van der Waals surface area contributed by atoms with Gasteiger partial charge in [0.15, 0.2) is 0 Å². The minimum Gasteiger partial charge on any atom is -0.307 e. The molecule has 0 bridgehead atoms. The molecule has 0 saturated carbocycles. The van der Waals surface area contributed by atoms with Gasteiger partial charge in [-0.1, -0.05) is 41.9 Å². The van der Waals surface area contributed by atoms with Crippen LogP contribution < -0.4 is 5.32 Å². The third kappa shape index (κ3) is 4.06. The molecular weight excluding hydrogens is 273 g/mol. The van der Waals surface area contributed by atoms with Crippen LogP contribution in [0.1, 0.15) is 31.0 Å². The molecule has 2 aromatic carbocycles. The first-order valence-electron chi connectivity index (χ1n) is 6.81. The molecule has 0 fully saturated rings. The van der Waals surface area contributed by atoms with Crippen molar-refractivity contribution in [2.24, 2.45) is 0 Å². The summed E-state index contributed by atoms with van der Waals surface area (Å²) in [6.07, 6.45) is 0.664. The molecule has 1 nitrogen and oxygen atoms in total. The Morgan fingerprint density at radius 2 is 1.85 bits per heavy atom. The zero-order valence-corrected chi connectivity index (χ0v) is 12.5. The molecule has 20 heavy (non-hydrogen) atoms. The fourth-order valence-electron chi connectivity index (χ4n) is 2.35. The fraction of sp³-hybridized carbons (Fsp3) is 0.294. The molecule has 0 heterocycles. The molecule has 1 N–H and O–H groups in total. The van der Waals surface area contributed by atoms with Gasteiger partial charge in [0.05, 0.1) is 0 Å². The molecule has 0 amide bonds. The van der Waals surface area contributed by atoms with Crippen LogP contribution in [0.25, 0.3) is 0 Å². The van der Waals surface area contributed by atoms with Crippen molar-refractivity contribution in [3.63, 3.8) is 0 Å². The van der Waals surface area contributed by atoms with E-state index >= 15 is 0 Å². The van der Waals surface area contributed by atoms with Gasteiger partial charge in [0.25, 0.3) is 0 Å². The molecule has 2 aromatic rings. The number of benzene rings is 2. The molecule has 3 heteroatoms. The van der Waals surface area contributed by atoms with Crippen molar-refractivity contribution in [2.75, 3.05) is 0 Å². The summed E-state index contributed by atoms with van der Waals surface area (Å²) in [6.45, 7) is 4.15. The van der Waals surface area contributed by atoms with E-state index in [2.05, 4.69) is 19.2 Å². The Kier molecular flexibility index (Phi) is 5.16. The van der Waals surface area contributed by atoms with E-state index in [4.69, 9.17) is 11.6 Å². The van der Waals surface area contributed by atoms with Crippen LogP contribution in [0.15, 0.2) is 48.5 Å². The monoisotopic (exact) mass is 291 g/mol. The number of hydrogen-bond donors (Lipinski definition) is 1. The van der Waals surface area contributed by atoms with Crippen molar-refractivity contribution in [1.29, 1.82) is 0 Å². The van der Waals surface area contributed by atoms with Gasteiger partial charge in [-0.05, 0) is 49.6 Å². The van der Waals surface area contributed by atoms with E-state index in [0.717, 1.165) is 16.1 Å². The predicted octanol–water partition coefficient (Wildman–Crippen LogP) is 4.76. The maximum Gasteiger partial charge on any atom is 0.126 e. The summed E-state index contributed by atoms with van der Waals surface area (Å²) in [7, 11) is 0. The lowest BCUT2D eigenvalue weighted by atomic mass is 10.0. The van der Waals surface area contributed by atoms with Crippen molar-refractivity contribution >= 4 is 11.6 Å². The highest BCUT2D eigenvalue weighted by Gasteiger charge is 2.12. The maximum absolute atomic E-state index is 13.6. The first-order chi connectivity index (χ1) is 9.56. The van der Waals surface area contributed by atoms with Crippen molar-refractivity contribution in [1.82, 2.24) is 5.32 Å². The molecule has 0 radical (unpaired) electrons. The van der Waals surface area contributed by atoms with E-state index in [1.54, 1.807) is 6.07 Å². The summed E-state index contributed by atoms with van der Waals surface area (Å²) in [4.78, 5) is 0. The standard InChI is InChI=1S/C17H19ClFN/c1-12(10-15-6-3-4-9-17(15)19)20-13(2)14-7-5-8-16(18)11-14/h3-9,11-13,20H,10H2,1-2H3/t12?,13-/m1/s1. The van der Waals surface area contributed by atoms with Gasteiger partial charge in [0.2, 0.25) is 0 Å². The van der Waals surface area contributed by atoms with E-state index in [-0.39, 0.29) is 17.9 Å². The van der Waals surface area contributed by atoms with Crippen LogP contribution >= 0.6 is 11.6 Å². The Balaban J connectivity index is 1.98. The molecule has 0 aromatic heterocycles. The topological polar surface area (TPSA) is 12.0 Å². The molecule has 2 atom stereocenters. The second-order valence-corrected chi connectivity index (χ2v) is 5.58. The number of halogens is 2. The number of rotatable bonds is 5. The van der Waals surface area contributed by atoms with Gasteiger partial charge in [-0.15, -0.1) is 0 Å². The average Bonchev–Trinajstić information content (AvgIpc) is 2.41. The summed E-state index contributed by atoms with van der Waals surface area (Å²) in [5.41, 5.74) is 1.88. The minimum atomic E-state index is -0.142. The van der Waals surface area contributed by atoms with Crippen LogP contribution in [0.3, 0.4) is 0 Å². The smallest absolute Gasteiger partial charge is 0.126 e. The van der Waals surface area contributed by atoms with Gasteiger partial charge in [0.1, 0.15) is 5.82 Å². The van der Waals surface area contributed by atoms with E-state index in [1.807, 2.05) is 36.4 Å². The van der Waals surface area contributed by atoms with Crippen molar-refractivity contribution in [3.05, 3.63) is 70.5 Å². The largest absolute Gasteiger partial charge is 0.307 e. The summed E-state index contributed by atoms with van der Waals surface area (Å²) in [6, 6.07) is 15.1. The number of hydrogen-bond acceptors (Lipinski definition) is 1. The fourth-order valence-corrected chi connectivity index (χ4v) is 2.55. The van der Waals surface area contributed by atoms with E-state index in [1.165, 1.54) is 6.07 Å². The maximum atomic E-state index is 13.6. The van der Waals surface area contributed by atoms with Gasteiger partial charge in [-0.2, -0.15) is 0 Å². The molecule has 0 aliphatic carbocycles. The van der Waals surface area contributed by atoms with Gasteiger partial charge >= 0.3 is 0 Å². The van der Waals surface area contributed by atoms with Crippen LogP contribution in [0.5, 0.6) is 0 Å². The second kappa shape index (κ2) is 6.87. The quantitative estimate of drug-likeness (QED) is 0.837. The third-order valence-electron chi connectivity index (χ3n) is 3.37. The minimum absolute atomic E-state index is 0.142. The lowest BCUT2D eigenvalue weighted by molar-refractivity contribution is 0.469. The lowest BCUT2D eigenvalue weighted by Crippen LogP contribution is -2.31. The summed E-state index contributed by atoms with van der Waals surface area (Å²) >= 11 is 6.00. The highest BCUT2D eigenvalue weighted by molar-refractivity contribution is 6.30. The highest BCUT2D eigenvalue weighted by atomic mass is 35.5. The van der Waals surface area contributed by atoms with E-state index in [0.29, 0.717) is 6.42 Å². The zero-order valence-electron chi connectivity index (χ0n) is 11.7. The Bertz CT molecular complexity index is 570. The van der Waals surface area contributed by atoms with Crippen molar-refractivity contribution in [2.45, 2.75) is 32.4 Å². The van der Waals surface area contributed by atoms with E-state index < -0.39 is 0 Å². The summed E-state index contributed by atoms with van der Waals surface area (Å²) < 4.78 is 13.6. The number of nitrogens with one attached hydrogen (secondary N) is 1. The van der Waals surface area contributed by atoms with Crippen molar-refractivity contribution < 1.29 is 4.39 Å². The molecule has 0 spiro atoms. The highest BCUT2D eigenvalue weighted by Crippen LogP contribution is 2.18. The zero-order chi connectivity index (χ0) is 14.5. The molecular formula is C17H19ClFN. The summed E-state index contributed by atoms with van der Waals surface area (Å²) in [5, 5.41) is 4.21. The molecule has 0 saturated heterocycles. The van der Waals surface area contributed by atoms with Crippen LogP contribution in [-0.4, -0.2) is 6.04 Å². The van der Waals surface area contributed by atoms with E-state index in [9.17, 15) is 4.39 Å². The Labute approximate surface area is 124 Å². The van der Waals surface area contributed by atoms with Gasteiger partial charge in [-0.25, -0.2) is 4.39 Å². The van der Waals surface area contributed by atoms with Crippen LogP contribution in [0, 0.1) is 5.82 Å². The Morgan fingerprint density at radius 3 is 2.55 bits per heavy atom. The summed E-state index contributed by atoms with van der Waals surface area (Å²) in [5.74, 6) is -0.142. The predicted molar refractivity (Wildman–Crippen MR) is 82.6 cm³/mol. The van der Waals surface area contributed by atoms with Crippen LogP contribution in [0.4, 0.5) is 4.39 Å². The molecule has 1 unspecified atom stereocenters. The SMILES string of the molecule is CC(Cc1ccccc1F)N[C@H](C)c1cccc(Cl)c1. The Morgan fingerprint density at radius 1 is 1.10 bits per heavy atom. The van der Waals surface area contributed by atoms with Gasteiger partial charge < -0.3 is 5.32 Å². The normalized spacial score (nSPS) is 14.0. The van der Waals surface area contributed by atoms with Crippen molar-refractivity contribution in [3.8, 4) is 0 Å². The molecule has 0 aliphatic heterocycles. The molecule has 106 valence electrons. The van der Waals surface area contributed by atoms with Gasteiger partial charge in [-0.3, -0.25) is 0 Å². The van der Waals surface area contributed by atoms with Crippen LogP contribution in [-0.2, 0) is 6.42 Å².